The van der Waals surface area contributed by atoms with Gasteiger partial charge in [0.15, 0.2) is 5.96 Å². The van der Waals surface area contributed by atoms with Crippen molar-refractivity contribution in [2.75, 3.05) is 45.9 Å². The van der Waals surface area contributed by atoms with E-state index in [1.54, 1.807) is 0 Å². The number of aliphatic carboxylic acids is 1. The molecule has 0 amide bonds. The molecule has 3 heterocycles. The SMILES string of the molecule is CCN1CCC(N2CCC(COc3ccc4c(c3)CN(C(=N)N)CC4)(C(=O)O)CC2)CC1. The van der Waals surface area contributed by atoms with E-state index in [4.69, 9.17) is 15.9 Å². The van der Waals surface area contributed by atoms with Crippen LogP contribution in [0.15, 0.2) is 18.2 Å². The van der Waals surface area contributed by atoms with Crippen LogP contribution in [0.5, 0.6) is 5.75 Å². The van der Waals surface area contributed by atoms with E-state index in [1.165, 1.54) is 18.4 Å². The summed E-state index contributed by atoms with van der Waals surface area (Å²) >= 11 is 0. The first-order valence-corrected chi connectivity index (χ1v) is 11.9. The van der Waals surface area contributed by atoms with Crippen LogP contribution in [0.25, 0.3) is 0 Å². The summed E-state index contributed by atoms with van der Waals surface area (Å²) in [6, 6.07) is 6.56. The lowest BCUT2D eigenvalue weighted by Gasteiger charge is -2.44. The second-order valence-corrected chi connectivity index (χ2v) is 9.56. The Bertz CT molecular complexity index is 829. The van der Waals surface area contributed by atoms with E-state index < -0.39 is 11.4 Å². The number of hydrogen-bond acceptors (Lipinski definition) is 5. The summed E-state index contributed by atoms with van der Waals surface area (Å²) in [7, 11) is 0. The Morgan fingerprint density at radius 3 is 2.53 bits per heavy atom. The number of nitrogens with zero attached hydrogens (tertiary/aromatic N) is 3. The Morgan fingerprint density at radius 2 is 1.91 bits per heavy atom. The standard InChI is InChI=1S/C24H37N5O3/c1-2-27-10-6-20(7-11-27)28-13-8-24(9-14-28,22(30)31)17-32-21-4-3-18-5-12-29(23(25)26)16-19(18)15-21/h3-4,15,20H,2,5-14,16-17H2,1H3,(H3,25,26)(H,30,31). The van der Waals surface area contributed by atoms with Crippen molar-refractivity contribution in [3.05, 3.63) is 29.3 Å². The number of ether oxygens (including phenoxy) is 1. The van der Waals surface area contributed by atoms with Crippen molar-refractivity contribution < 1.29 is 14.6 Å². The molecule has 4 N–H and O–H groups in total. The van der Waals surface area contributed by atoms with E-state index in [0.29, 0.717) is 31.2 Å². The number of carbonyl (C=O) groups is 1. The highest BCUT2D eigenvalue weighted by atomic mass is 16.5. The minimum atomic E-state index is -0.831. The van der Waals surface area contributed by atoms with Crippen molar-refractivity contribution in [3.63, 3.8) is 0 Å². The Labute approximate surface area is 190 Å². The maximum Gasteiger partial charge on any atom is 0.313 e. The fraction of sp³-hybridized carbons (Fsp3) is 0.667. The van der Waals surface area contributed by atoms with Crippen molar-refractivity contribution in [2.24, 2.45) is 11.1 Å². The summed E-state index contributed by atoms with van der Waals surface area (Å²) < 4.78 is 6.07. The van der Waals surface area contributed by atoms with Crippen molar-refractivity contribution in [2.45, 2.75) is 51.6 Å². The van der Waals surface area contributed by atoms with Crippen LogP contribution in [0.2, 0.25) is 0 Å². The quantitative estimate of drug-likeness (QED) is 0.456. The van der Waals surface area contributed by atoms with Gasteiger partial charge in [-0.05, 0) is 88.1 Å². The van der Waals surface area contributed by atoms with Gasteiger partial charge in [-0.15, -0.1) is 0 Å². The number of hydrogen-bond donors (Lipinski definition) is 3. The zero-order chi connectivity index (χ0) is 22.7. The van der Waals surface area contributed by atoms with Crippen LogP contribution in [0.3, 0.4) is 0 Å². The molecule has 176 valence electrons. The third-order valence-corrected chi connectivity index (χ3v) is 7.78. The first-order valence-electron chi connectivity index (χ1n) is 11.9. The summed E-state index contributed by atoms with van der Waals surface area (Å²) in [6.07, 6.45) is 4.45. The second kappa shape index (κ2) is 9.67. The monoisotopic (exact) mass is 443 g/mol. The molecule has 8 heteroatoms. The minimum Gasteiger partial charge on any atom is -0.492 e. The molecule has 2 saturated heterocycles. The van der Waals surface area contributed by atoms with Gasteiger partial charge >= 0.3 is 5.97 Å². The lowest BCUT2D eigenvalue weighted by Crippen LogP contribution is -2.52. The summed E-state index contributed by atoms with van der Waals surface area (Å²) in [6.45, 7) is 8.80. The molecule has 0 atom stereocenters. The lowest BCUT2D eigenvalue weighted by atomic mass is 9.78. The number of carboxylic acid groups (broad SMARTS) is 1. The maximum absolute atomic E-state index is 12.3. The number of nitrogens with two attached hydrogens (primary N) is 1. The molecule has 0 bridgehead atoms. The molecule has 8 nitrogen and oxygen atoms in total. The van der Waals surface area contributed by atoms with Crippen LogP contribution in [-0.2, 0) is 17.8 Å². The van der Waals surface area contributed by atoms with E-state index in [-0.39, 0.29) is 12.6 Å². The summed E-state index contributed by atoms with van der Waals surface area (Å²) in [5.74, 6) is 0.0294. The van der Waals surface area contributed by atoms with E-state index in [9.17, 15) is 9.90 Å². The zero-order valence-electron chi connectivity index (χ0n) is 19.2. The first-order chi connectivity index (χ1) is 15.4. The van der Waals surface area contributed by atoms with Crippen LogP contribution in [0.4, 0.5) is 0 Å². The molecule has 32 heavy (non-hydrogen) atoms. The van der Waals surface area contributed by atoms with Gasteiger partial charge in [-0.2, -0.15) is 0 Å². The van der Waals surface area contributed by atoms with E-state index in [0.717, 1.165) is 51.3 Å². The number of rotatable bonds is 6. The highest BCUT2D eigenvalue weighted by Crippen LogP contribution is 2.35. The number of benzene rings is 1. The van der Waals surface area contributed by atoms with Crippen molar-refractivity contribution >= 4 is 11.9 Å². The lowest BCUT2D eigenvalue weighted by molar-refractivity contribution is -0.155. The minimum absolute atomic E-state index is 0.0823. The summed E-state index contributed by atoms with van der Waals surface area (Å²) in [4.78, 5) is 19.1. The second-order valence-electron chi connectivity index (χ2n) is 9.56. The maximum atomic E-state index is 12.3. The predicted octanol–water partition coefficient (Wildman–Crippen LogP) is 1.97. The molecule has 3 aliphatic rings. The smallest absolute Gasteiger partial charge is 0.313 e. The molecule has 2 fully saturated rings. The molecule has 0 radical (unpaired) electrons. The van der Waals surface area contributed by atoms with Gasteiger partial charge in [0.25, 0.3) is 0 Å². The van der Waals surface area contributed by atoms with Gasteiger partial charge in [-0.1, -0.05) is 13.0 Å². The molecule has 0 unspecified atom stereocenters. The van der Waals surface area contributed by atoms with E-state index in [2.05, 4.69) is 22.8 Å². The van der Waals surface area contributed by atoms with Gasteiger partial charge in [0, 0.05) is 19.1 Å². The summed E-state index contributed by atoms with van der Waals surface area (Å²) in [5, 5.41) is 17.8. The molecular formula is C24H37N5O3. The van der Waals surface area contributed by atoms with Gasteiger partial charge in [0.05, 0.1) is 0 Å². The van der Waals surface area contributed by atoms with Crippen molar-refractivity contribution in [3.8, 4) is 5.75 Å². The average molecular weight is 444 g/mol. The van der Waals surface area contributed by atoms with E-state index in [1.807, 2.05) is 17.0 Å². The molecule has 0 aromatic heterocycles. The highest BCUT2D eigenvalue weighted by molar-refractivity contribution is 5.75. The number of guanidine groups is 1. The number of carboxylic acids is 1. The van der Waals surface area contributed by atoms with Crippen LogP contribution in [0.1, 0.15) is 43.7 Å². The Balaban J connectivity index is 1.35. The van der Waals surface area contributed by atoms with Crippen molar-refractivity contribution in [1.29, 1.82) is 5.41 Å². The largest absolute Gasteiger partial charge is 0.492 e. The fourth-order valence-electron chi connectivity index (χ4n) is 5.39. The van der Waals surface area contributed by atoms with E-state index >= 15 is 0 Å². The number of nitrogens with one attached hydrogen (secondary N) is 1. The molecule has 4 rings (SSSR count). The molecule has 0 saturated carbocycles. The molecule has 1 aromatic rings. The van der Waals surface area contributed by atoms with Gasteiger partial charge in [0.1, 0.15) is 17.8 Å². The predicted molar refractivity (Wildman–Crippen MR) is 124 cm³/mol. The van der Waals surface area contributed by atoms with Gasteiger partial charge in [-0.25, -0.2) is 0 Å². The molecule has 0 spiro atoms. The van der Waals surface area contributed by atoms with Crippen LogP contribution in [0, 0.1) is 10.8 Å². The Hall–Kier alpha value is -2.32. The third kappa shape index (κ3) is 4.86. The third-order valence-electron chi connectivity index (χ3n) is 7.78. The number of piperidine rings is 2. The first kappa shape index (κ1) is 22.9. The van der Waals surface area contributed by atoms with Crippen LogP contribution in [-0.4, -0.2) is 83.7 Å². The topological polar surface area (TPSA) is 106 Å². The Morgan fingerprint density at radius 1 is 1.19 bits per heavy atom. The Kier molecular flexibility index (Phi) is 6.90. The molecule has 3 aliphatic heterocycles. The van der Waals surface area contributed by atoms with Crippen molar-refractivity contribution in [1.82, 2.24) is 14.7 Å². The normalized spacial score (nSPS) is 22.3. The van der Waals surface area contributed by atoms with Crippen LogP contribution >= 0.6 is 0 Å². The molecular weight excluding hydrogens is 406 g/mol. The van der Waals surface area contributed by atoms with Gasteiger partial charge < -0.3 is 30.3 Å². The number of likely N-dealkylation sites (tertiary alicyclic amines) is 2. The zero-order valence-corrected chi connectivity index (χ0v) is 19.2. The summed E-state index contributed by atoms with van der Waals surface area (Å²) in [5.41, 5.74) is 7.16. The average Bonchev–Trinajstić information content (AvgIpc) is 2.82. The van der Waals surface area contributed by atoms with Gasteiger partial charge in [-0.3, -0.25) is 10.2 Å². The van der Waals surface area contributed by atoms with Gasteiger partial charge in [0.2, 0.25) is 0 Å². The number of fused-ring (bicyclic) bond motifs is 1. The molecule has 0 aliphatic carbocycles. The van der Waals surface area contributed by atoms with Crippen LogP contribution < -0.4 is 10.5 Å². The molecule has 1 aromatic carbocycles. The highest BCUT2D eigenvalue weighted by Gasteiger charge is 2.44. The fourth-order valence-corrected chi connectivity index (χ4v) is 5.39.